The van der Waals surface area contributed by atoms with Crippen LogP contribution in [0.2, 0.25) is 0 Å². The zero-order chi connectivity index (χ0) is 19.6. The van der Waals surface area contributed by atoms with Crippen LogP contribution in [0.1, 0.15) is 43.5 Å². The van der Waals surface area contributed by atoms with E-state index in [1.165, 1.54) is 19.4 Å². The van der Waals surface area contributed by atoms with Crippen LogP contribution in [0, 0.1) is 0 Å². The summed E-state index contributed by atoms with van der Waals surface area (Å²) < 4.78 is 0. The molecule has 2 aromatic carbocycles. The standard InChI is InChI=1S/C21H26N4O2/c1-14(26)22-18-12-8-11-17(21(18)23-15(2)27)20-13-19(24(3)25(20)4)16-9-6-5-7-10-16/h5-12,19-20H,13H2,1-4H3,(H,22,26)(H,23,27). The molecule has 0 aromatic heterocycles. The van der Waals surface area contributed by atoms with Gasteiger partial charge in [0.1, 0.15) is 0 Å². The van der Waals surface area contributed by atoms with Crippen molar-refractivity contribution in [3.8, 4) is 0 Å². The van der Waals surface area contributed by atoms with Crippen molar-refractivity contribution in [3.63, 3.8) is 0 Å². The molecule has 6 nitrogen and oxygen atoms in total. The molecule has 142 valence electrons. The predicted octanol–water partition coefficient (Wildman–Crippen LogP) is 3.57. The normalized spacial score (nSPS) is 20.4. The van der Waals surface area contributed by atoms with Gasteiger partial charge < -0.3 is 10.6 Å². The number of hydrogen-bond donors (Lipinski definition) is 2. The van der Waals surface area contributed by atoms with Crippen LogP contribution in [0.4, 0.5) is 11.4 Å². The van der Waals surface area contributed by atoms with Gasteiger partial charge in [-0.15, -0.1) is 0 Å². The molecule has 0 bridgehead atoms. The minimum Gasteiger partial charge on any atom is -0.325 e. The Balaban J connectivity index is 2.00. The molecule has 2 atom stereocenters. The summed E-state index contributed by atoms with van der Waals surface area (Å²) in [5.74, 6) is -0.333. The van der Waals surface area contributed by atoms with Gasteiger partial charge >= 0.3 is 0 Å². The van der Waals surface area contributed by atoms with E-state index in [1.54, 1.807) is 0 Å². The lowest BCUT2D eigenvalue weighted by Crippen LogP contribution is -2.32. The molecule has 6 heteroatoms. The number of rotatable bonds is 4. The summed E-state index contributed by atoms with van der Waals surface area (Å²) in [7, 11) is 4.13. The monoisotopic (exact) mass is 366 g/mol. The molecule has 2 aromatic rings. The van der Waals surface area contributed by atoms with E-state index in [0.29, 0.717) is 11.4 Å². The van der Waals surface area contributed by atoms with Crippen molar-refractivity contribution in [2.75, 3.05) is 24.7 Å². The minimum atomic E-state index is -0.169. The maximum Gasteiger partial charge on any atom is 0.221 e. The molecule has 2 amide bonds. The van der Waals surface area contributed by atoms with Gasteiger partial charge in [-0.05, 0) is 23.6 Å². The molecule has 2 N–H and O–H groups in total. The number of para-hydroxylation sites is 1. The second-order valence-corrected chi connectivity index (χ2v) is 6.96. The second-order valence-electron chi connectivity index (χ2n) is 6.96. The maximum absolute atomic E-state index is 11.8. The number of anilines is 2. The minimum absolute atomic E-state index is 0.0794. The van der Waals surface area contributed by atoms with E-state index in [-0.39, 0.29) is 23.9 Å². The van der Waals surface area contributed by atoms with E-state index in [2.05, 4.69) is 59.0 Å². The van der Waals surface area contributed by atoms with Gasteiger partial charge in [0.05, 0.1) is 23.5 Å². The molecule has 0 aliphatic carbocycles. The summed E-state index contributed by atoms with van der Waals surface area (Å²) in [6, 6.07) is 16.5. The number of hydrazine groups is 1. The Labute approximate surface area is 160 Å². The third kappa shape index (κ3) is 4.02. The van der Waals surface area contributed by atoms with Crippen LogP contribution in [-0.4, -0.2) is 35.9 Å². The van der Waals surface area contributed by atoms with Crippen LogP contribution in [0.3, 0.4) is 0 Å². The van der Waals surface area contributed by atoms with Gasteiger partial charge in [0.25, 0.3) is 0 Å². The summed E-state index contributed by atoms with van der Waals surface area (Å²) in [5, 5.41) is 10.2. The van der Waals surface area contributed by atoms with E-state index >= 15 is 0 Å². The number of nitrogens with zero attached hydrogens (tertiary/aromatic N) is 2. The van der Waals surface area contributed by atoms with Gasteiger partial charge in [-0.2, -0.15) is 0 Å². The van der Waals surface area contributed by atoms with Crippen LogP contribution in [0.25, 0.3) is 0 Å². The highest BCUT2D eigenvalue weighted by Gasteiger charge is 2.37. The Hall–Kier alpha value is -2.70. The van der Waals surface area contributed by atoms with E-state index < -0.39 is 0 Å². The fraction of sp³-hybridized carbons (Fsp3) is 0.333. The zero-order valence-electron chi connectivity index (χ0n) is 16.2. The zero-order valence-corrected chi connectivity index (χ0v) is 16.2. The number of nitrogens with one attached hydrogen (secondary N) is 2. The summed E-state index contributed by atoms with van der Waals surface area (Å²) in [4.78, 5) is 23.4. The fourth-order valence-electron chi connectivity index (χ4n) is 3.77. The summed E-state index contributed by atoms with van der Waals surface area (Å²) >= 11 is 0. The van der Waals surface area contributed by atoms with Crippen molar-refractivity contribution < 1.29 is 9.59 Å². The first-order chi connectivity index (χ1) is 12.9. The highest BCUT2D eigenvalue weighted by molar-refractivity contribution is 5.99. The summed E-state index contributed by atoms with van der Waals surface area (Å²) in [6.07, 6.45) is 0.882. The maximum atomic E-state index is 11.8. The van der Waals surface area contributed by atoms with Crippen LogP contribution in [0.5, 0.6) is 0 Å². The number of carbonyl (C=O) groups is 2. The van der Waals surface area contributed by atoms with Gasteiger partial charge in [-0.1, -0.05) is 42.5 Å². The van der Waals surface area contributed by atoms with E-state index in [0.717, 1.165) is 12.0 Å². The molecule has 1 aliphatic rings. The first-order valence-electron chi connectivity index (χ1n) is 9.07. The Morgan fingerprint density at radius 3 is 2.11 bits per heavy atom. The first-order valence-corrected chi connectivity index (χ1v) is 9.07. The molecule has 27 heavy (non-hydrogen) atoms. The molecule has 1 fully saturated rings. The van der Waals surface area contributed by atoms with Gasteiger partial charge in [0.15, 0.2) is 0 Å². The number of carbonyl (C=O) groups excluding carboxylic acids is 2. The topological polar surface area (TPSA) is 64.7 Å². The van der Waals surface area contributed by atoms with Gasteiger partial charge in [-0.25, -0.2) is 10.0 Å². The van der Waals surface area contributed by atoms with Crippen molar-refractivity contribution in [3.05, 3.63) is 59.7 Å². The van der Waals surface area contributed by atoms with Crippen molar-refractivity contribution in [1.82, 2.24) is 10.0 Å². The van der Waals surface area contributed by atoms with Crippen molar-refractivity contribution in [1.29, 1.82) is 0 Å². The molecule has 0 spiro atoms. The SMILES string of the molecule is CC(=O)Nc1cccc(C2CC(c3ccccc3)N(C)N2C)c1NC(C)=O. The Morgan fingerprint density at radius 2 is 1.48 bits per heavy atom. The Morgan fingerprint density at radius 1 is 0.852 bits per heavy atom. The van der Waals surface area contributed by atoms with Gasteiger partial charge in [0.2, 0.25) is 11.8 Å². The van der Waals surface area contributed by atoms with Crippen molar-refractivity contribution in [2.45, 2.75) is 32.4 Å². The van der Waals surface area contributed by atoms with Crippen molar-refractivity contribution >= 4 is 23.2 Å². The smallest absolute Gasteiger partial charge is 0.221 e. The van der Waals surface area contributed by atoms with Crippen LogP contribution in [0.15, 0.2) is 48.5 Å². The second kappa shape index (κ2) is 7.90. The van der Waals surface area contributed by atoms with Crippen molar-refractivity contribution in [2.24, 2.45) is 0 Å². The molecule has 0 radical (unpaired) electrons. The third-order valence-electron chi connectivity index (χ3n) is 5.10. The molecule has 1 saturated heterocycles. The van der Waals surface area contributed by atoms with Gasteiger partial charge in [0, 0.05) is 27.9 Å². The van der Waals surface area contributed by atoms with E-state index in [4.69, 9.17) is 0 Å². The third-order valence-corrected chi connectivity index (χ3v) is 5.10. The molecule has 0 saturated carbocycles. The number of hydrogen-bond acceptors (Lipinski definition) is 4. The Kier molecular flexibility index (Phi) is 5.58. The molecular weight excluding hydrogens is 340 g/mol. The Bertz CT molecular complexity index is 837. The average Bonchev–Trinajstić information content (AvgIpc) is 2.92. The highest BCUT2D eigenvalue weighted by atomic mass is 16.2. The number of benzene rings is 2. The molecule has 1 heterocycles. The van der Waals surface area contributed by atoms with E-state index in [1.807, 2.05) is 24.3 Å². The van der Waals surface area contributed by atoms with Gasteiger partial charge in [-0.3, -0.25) is 9.59 Å². The first kappa shape index (κ1) is 19.1. The van der Waals surface area contributed by atoms with E-state index in [9.17, 15) is 9.59 Å². The largest absolute Gasteiger partial charge is 0.325 e. The van der Waals surface area contributed by atoms with Crippen LogP contribution in [-0.2, 0) is 9.59 Å². The summed E-state index contributed by atoms with van der Waals surface area (Å²) in [5.41, 5.74) is 3.53. The highest BCUT2D eigenvalue weighted by Crippen LogP contribution is 2.45. The lowest BCUT2D eigenvalue weighted by atomic mass is 9.95. The lowest BCUT2D eigenvalue weighted by Gasteiger charge is -2.29. The summed E-state index contributed by atoms with van der Waals surface area (Å²) in [6.45, 7) is 2.94. The molecule has 3 rings (SSSR count). The van der Waals surface area contributed by atoms with Crippen LogP contribution < -0.4 is 10.6 Å². The fourth-order valence-corrected chi connectivity index (χ4v) is 3.77. The lowest BCUT2D eigenvalue weighted by molar-refractivity contribution is -0.115. The molecule has 1 aliphatic heterocycles. The number of amides is 2. The molecule has 2 unspecified atom stereocenters. The molecular formula is C21H26N4O2. The van der Waals surface area contributed by atoms with Crippen LogP contribution >= 0.6 is 0 Å². The average molecular weight is 366 g/mol. The predicted molar refractivity (Wildman–Crippen MR) is 107 cm³/mol. The quantitative estimate of drug-likeness (QED) is 0.868.